The van der Waals surface area contributed by atoms with Crippen LogP contribution in [-0.4, -0.2) is 35.6 Å². The molecule has 1 aromatic heterocycles. The van der Waals surface area contributed by atoms with Crippen LogP contribution in [0.3, 0.4) is 0 Å². The molecule has 3 aromatic rings. The monoisotopic (exact) mass is 402 g/mol. The summed E-state index contributed by atoms with van der Waals surface area (Å²) in [5.41, 5.74) is 7.46. The number of benzene rings is 2. The van der Waals surface area contributed by atoms with Crippen molar-refractivity contribution in [3.05, 3.63) is 77.2 Å². The lowest BCUT2D eigenvalue weighted by Gasteiger charge is -2.07. The van der Waals surface area contributed by atoms with Crippen LogP contribution in [0.1, 0.15) is 0 Å². The van der Waals surface area contributed by atoms with E-state index >= 15 is 0 Å². The first-order valence-electron chi connectivity index (χ1n) is 8.37. The Kier molecular flexibility index (Phi) is 5.57. The number of nitrogens with zero attached hydrogens (tertiary/aromatic N) is 3. The van der Waals surface area contributed by atoms with E-state index in [1.807, 2.05) is 6.07 Å². The van der Waals surface area contributed by atoms with Gasteiger partial charge in [0.1, 0.15) is 6.33 Å². The van der Waals surface area contributed by atoms with E-state index in [0.717, 1.165) is 22.1 Å². The van der Waals surface area contributed by atoms with Crippen LogP contribution in [0.5, 0.6) is 0 Å². The molecule has 3 rings (SSSR count). The summed E-state index contributed by atoms with van der Waals surface area (Å²) in [6, 6.07) is 13.7. The van der Waals surface area contributed by atoms with Gasteiger partial charge in [-0.15, -0.1) is 0 Å². The van der Waals surface area contributed by atoms with Gasteiger partial charge in [-0.05, 0) is 41.0 Å². The average molecular weight is 402 g/mol. The summed E-state index contributed by atoms with van der Waals surface area (Å²) in [7, 11) is -3.27. The van der Waals surface area contributed by atoms with Crippen LogP contribution in [0, 0.1) is 0 Å². The Balaban J connectivity index is 1.94. The Bertz CT molecular complexity index is 1180. The van der Waals surface area contributed by atoms with Gasteiger partial charge in [-0.3, -0.25) is 0 Å². The first kappa shape index (κ1) is 19.7. The minimum Gasteiger partial charge on any atom is -0.327 e. The number of hydrogen-bond donors (Lipinski definition) is 1. The Morgan fingerprint density at radius 2 is 1.89 bits per heavy atom. The maximum atomic E-state index is 12.7. The van der Waals surface area contributed by atoms with E-state index in [9.17, 15) is 17.6 Å². The second kappa shape index (κ2) is 7.91. The lowest BCUT2D eigenvalue weighted by molar-refractivity contribution is 0.602. The van der Waals surface area contributed by atoms with Gasteiger partial charge in [-0.2, -0.15) is 5.10 Å². The molecule has 0 spiro atoms. The van der Waals surface area contributed by atoms with Crippen LogP contribution in [0.2, 0.25) is 0 Å². The summed E-state index contributed by atoms with van der Waals surface area (Å²) in [6.07, 6.45) is 2.90. The van der Waals surface area contributed by atoms with Crippen molar-refractivity contribution < 1.29 is 12.8 Å². The molecule has 0 unspecified atom stereocenters. The van der Waals surface area contributed by atoms with Crippen molar-refractivity contribution in [1.29, 1.82) is 0 Å². The summed E-state index contributed by atoms with van der Waals surface area (Å²) >= 11 is 0. The molecule has 0 amide bonds. The van der Waals surface area contributed by atoms with Gasteiger partial charge in [-0.25, -0.2) is 26.9 Å². The Morgan fingerprint density at radius 3 is 2.50 bits per heavy atom. The second-order valence-electron chi connectivity index (χ2n) is 6.26. The van der Waals surface area contributed by atoms with Gasteiger partial charge in [0.05, 0.1) is 23.5 Å². The number of rotatable bonds is 6. The van der Waals surface area contributed by atoms with Crippen molar-refractivity contribution >= 4 is 9.84 Å². The summed E-state index contributed by atoms with van der Waals surface area (Å²) in [5.74, 6) is 0. The van der Waals surface area contributed by atoms with E-state index in [1.165, 1.54) is 10.9 Å². The van der Waals surface area contributed by atoms with Crippen molar-refractivity contribution in [3.63, 3.8) is 0 Å². The lowest BCUT2D eigenvalue weighted by atomic mass is 10.1. The van der Waals surface area contributed by atoms with Gasteiger partial charge in [0.25, 0.3) is 0 Å². The second-order valence-corrected chi connectivity index (χ2v) is 8.28. The van der Waals surface area contributed by atoms with Crippen LogP contribution in [-0.2, 0) is 16.4 Å². The number of aromatic nitrogens is 3. The largest absolute Gasteiger partial charge is 0.350 e. The molecule has 0 bridgehead atoms. The maximum absolute atomic E-state index is 12.7. The van der Waals surface area contributed by atoms with Crippen LogP contribution in [0.25, 0.3) is 16.8 Å². The Morgan fingerprint density at radius 1 is 1.18 bits per heavy atom. The smallest absolute Gasteiger partial charge is 0.327 e. The third-order valence-electron chi connectivity index (χ3n) is 4.24. The number of sulfone groups is 1. The molecule has 0 radical (unpaired) electrons. The molecular formula is C19H19FN4O3S. The molecule has 0 aliphatic carbocycles. The molecular weight excluding hydrogens is 383 g/mol. The molecule has 0 saturated heterocycles. The molecule has 2 aromatic carbocycles. The fourth-order valence-electron chi connectivity index (χ4n) is 2.69. The fraction of sp³-hybridized carbons (Fsp3) is 0.158. The fourth-order valence-corrected chi connectivity index (χ4v) is 3.32. The van der Waals surface area contributed by atoms with Crippen molar-refractivity contribution in [1.82, 2.24) is 14.3 Å². The minimum absolute atomic E-state index is 0.00520. The van der Waals surface area contributed by atoms with Crippen LogP contribution in [0.4, 0.5) is 4.39 Å². The zero-order valence-electron chi connectivity index (χ0n) is 15.1. The van der Waals surface area contributed by atoms with Crippen molar-refractivity contribution in [2.75, 3.05) is 12.8 Å². The van der Waals surface area contributed by atoms with E-state index in [1.54, 1.807) is 42.5 Å². The van der Waals surface area contributed by atoms with E-state index in [-0.39, 0.29) is 23.6 Å². The quantitative estimate of drug-likeness (QED) is 0.679. The molecule has 1 heterocycles. The van der Waals surface area contributed by atoms with Gasteiger partial charge in [0.2, 0.25) is 0 Å². The van der Waals surface area contributed by atoms with Gasteiger partial charge >= 0.3 is 5.69 Å². The number of halogens is 1. The third kappa shape index (κ3) is 4.10. The first-order valence-corrected chi connectivity index (χ1v) is 10.3. The highest BCUT2D eigenvalue weighted by molar-refractivity contribution is 7.90. The Labute approximate surface area is 161 Å². The zero-order valence-corrected chi connectivity index (χ0v) is 15.9. The number of nitrogens with two attached hydrogens (primary N) is 1. The minimum atomic E-state index is -3.27. The molecule has 146 valence electrons. The topological polar surface area (TPSA) is 100.0 Å². The normalized spacial score (nSPS) is 12.3. The van der Waals surface area contributed by atoms with E-state index in [2.05, 4.69) is 5.10 Å². The molecule has 0 atom stereocenters. The highest BCUT2D eigenvalue weighted by atomic mass is 32.2. The van der Waals surface area contributed by atoms with Crippen LogP contribution >= 0.6 is 0 Å². The average Bonchev–Trinajstić information content (AvgIpc) is 3.06. The summed E-state index contributed by atoms with van der Waals surface area (Å²) in [5, 5.41) is 4.01. The predicted octanol–water partition coefficient (Wildman–Crippen LogP) is 1.92. The molecule has 0 fully saturated rings. The highest BCUT2D eigenvalue weighted by Crippen LogP contribution is 2.23. The molecule has 28 heavy (non-hydrogen) atoms. The molecule has 9 heteroatoms. The molecule has 0 saturated carbocycles. The van der Waals surface area contributed by atoms with Crippen molar-refractivity contribution in [2.45, 2.75) is 11.4 Å². The SMILES string of the molecule is CS(=O)(=O)c1ccc(-c2cccc(-n3cnn(C/C(=C/F)CN)c3=O)c2)cc1. The van der Waals surface area contributed by atoms with Gasteiger partial charge in [0.15, 0.2) is 9.84 Å². The molecule has 7 nitrogen and oxygen atoms in total. The Hall–Kier alpha value is -3.04. The highest BCUT2D eigenvalue weighted by Gasteiger charge is 2.10. The van der Waals surface area contributed by atoms with Crippen LogP contribution < -0.4 is 11.4 Å². The van der Waals surface area contributed by atoms with Crippen LogP contribution in [0.15, 0.2) is 76.5 Å². The van der Waals surface area contributed by atoms with Crippen molar-refractivity contribution in [3.8, 4) is 16.8 Å². The summed E-state index contributed by atoms with van der Waals surface area (Å²) in [4.78, 5) is 12.8. The van der Waals surface area contributed by atoms with E-state index < -0.39 is 15.5 Å². The maximum Gasteiger partial charge on any atom is 0.350 e. The van der Waals surface area contributed by atoms with Gasteiger partial charge in [0, 0.05) is 12.8 Å². The van der Waals surface area contributed by atoms with Crippen molar-refractivity contribution in [2.24, 2.45) is 5.73 Å². The van der Waals surface area contributed by atoms with Gasteiger partial charge in [-0.1, -0.05) is 24.3 Å². The molecule has 0 aliphatic heterocycles. The summed E-state index contributed by atoms with van der Waals surface area (Å²) < 4.78 is 38.4. The van der Waals surface area contributed by atoms with E-state index in [0.29, 0.717) is 12.0 Å². The predicted molar refractivity (Wildman–Crippen MR) is 105 cm³/mol. The standard InChI is InChI=1S/C19H19FN4O3S/c1-28(26,27)18-7-5-15(6-8-18)16-3-2-4-17(9-16)23-13-22-24(19(23)25)12-14(10-20)11-21/h2-10,13H,11-12,21H2,1H3/b14-10+. The molecule has 2 N–H and O–H groups in total. The third-order valence-corrected chi connectivity index (χ3v) is 5.37. The summed E-state index contributed by atoms with van der Waals surface area (Å²) in [6.45, 7) is -0.0275. The number of hydrogen-bond acceptors (Lipinski definition) is 5. The van der Waals surface area contributed by atoms with Gasteiger partial charge < -0.3 is 5.73 Å². The van der Waals surface area contributed by atoms with E-state index in [4.69, 9.17) is 5.73 Å². The molecule has 0 aliphatic rings. The lowest BCUT2D eigenvalue weighted by Crippen LogP contribution is -2.25. The first-order chi connectivity index (χ1) is 13.3. The zero-order chi connectivity index (χ0) is 20.3.